The lowest BCUT2D eigenvalue weighted by Gasteiger charge is -1.78. The normalized spacial score (nSPS) is 5.77. The first kappa shape index (κ1) is 38.8. The molecule has 0 saturated carbocycles. The molecule has 0 aliphatic carbocycles. The molecule has 0 spiro atoms. The summed E-state index contributed by atoms with van der Waals surface area (Å²) in [5, 5.41) is 24.9. The summed E-state index contributed by atoms with van der Waals surface area (Å²) in [6, 6.07) is 13.0. The van der Waals surface area contributed by atoms with Crippen molar-refractivity contribution in [3.63, 3.8) is 0 Å². The monoisotopic (exact) mass is 359 g/mol. The van der Waals surface area contributed by atoms with Gasteiger partial charge in [-0.3, -0.25) is 0 Å². The van der Waals surface area contributed by atoms with Crippen molar-refractivity contribution in [3.05, 3.63) is 34.7 Å². The topological polar surface area (TPSA) is 71.4 Å². The van der Waals surface area contributed by atoms with E-state index in [2.05, 4.69) is 27.0 Å². The maximum atomic E-state index is 7.62. The molecule has 0 amide bonds. The Kier molecular flexibility index (Phi) is 85.2. The Bertz CT molecular complexity index is 464. The quantitative estimate of drug-likeness (QED) is 0.542. The highest BCUT2D eigenvalue weighted by molar-refractivity contribution is 5.13. The van der Waals surface area contributed by atoms with Crippen LogP contribution in [0.5, 0.6) is 0 Å². The molecule has 0 aromatic heterocycles. The van der Waals surface area contributed by atoms with Gasteiger partial charge < -0.3 is 0 Å². The Morgan fingerprint density at radius 2 is 0.846 bits per heavy atom. The van der Waals surface area contributed by atoms with E-state index in [1.807, 2.05) is 78.8 Å². The average Bonchev–Trinajstić information content (AvgIpc) is 2.71. The molecule has 0 fully saturated rings. The highest BCUT2D eigenvalue weighted by Gasteiger charge is 1.69. The van der Waals surface area contributed by atoms with Gasteiger partial charge in [0.1, 0.15) is 6.42 Å². The molecular weight excluding hydrogens is 318 g/mol. The van der Waals surface area contributed by atoms with Crippen molar-refractivity contribution in [2.24, 2.45) is 0 Å². The molecule has 26 heavy (non-hydrogen) atoms. The van der Waals surface area contributed by atoms with Gasteiger partial charge in [0.05, 0.1) is 18.2 Å². The SMILES string of the molecule is C=c1ccc(=C)cc1.CC.CC.CC.CCC.CCC#N.N#CCC#N. The maximum Gasteiger partial charge on any atom is 0.122 e. The summed E-state index contributed by atoms with van der Waals surface area (Å²) in [5.74, 6) is 0. The minimum absolute atomic E-state index is 0. The molecule has 0 aliphatic heterocycles. The fourth-order valence-corrected chi connectivity index (χ4v) is 0.575. The second-order valence-electron chi connectivity index (χ2n) is 3.53. The molecule has 148 valence electrons. The lowest BCUT2D eigenvalue weighted by atomic mass is 10.3. The molecule has 1 aromatic rings. The van der Waals surface area contributed by atoms with Crippen molar-refractivity contribution in [1.82, 2.24) is 0 Å². The van der Waals surface area contributed by atoms with Crippen molar-refractivity contribution in [3.8, 4) is 18.2 Å². The number of nitriles is 3. The first-order valence-corrected chi connectivity index (χ1v) is 9.38. The first-order chi connectivity index (χ1) is 12.5. The zero-order chi connectivity index (χ0) is 22.2. The van der Waals surface area contributed by atoms with E-state index in [0.29, 0.717) is 6.42 Å². The zero-order valence-corrected chi connectivity index (χ0v) is 18.7. The van der Waals surface area contributed by atoms with E-state index in [0.717, 1.165) is 10.4 Å². The van der Waals surface area contributed by atoms with Crippen LogP contribution < -0.4 is 10.4 Å². The van der Waals surface area contributed by atoms with E-state index in [-0.39, 0.29) is 6.42 Å². The third kappa shape index (κ3) is 82.2. The Balaban J connectivity index is -0.0000000492. The molecule has 0 radical (unpaired) electrons. The van der Waals surface area contributed by atoms with Crippen LogP contribution in [0.4, 0.5) is 0 Å². The lowest BCUT2D eigenvalue weighted by Crippen LogP contribution is -2.02. The van der Waals surface area contributed by atoms with Crippen molar-refractivity contribution in [2.75, 3.05) is 0 Å². The summed E-state index contributed by atoms with van der Waals surface area (Å²) >= 11 is 0. The number of benzene rings is 1. The third-order valence-corrected chi connectivity index (χ3v) is 1.34. The molecule has 0 unspecified atom stereocenters. The van der Waals surface area contributed by atoms with Crippen LogP contribution in [-0.4, -0.2) is 0 Å². The summed E-state index contributed by atoms with van der Waals surface area (Å²) in [6.07, 6.45) is 1.88. The minimum Gasteiger partial charge on any atom is -0.198 e. The van der Waals surface area contributed by atoms with Gasteiger partial charge in [-0.25, -0.2) is 0 Å². The lowest BCUT2D eigenvalue weighted by molar-refractivity contribution is 1.09. The molecular formula is C23H41N3. The van der Waals surface area contributed by atoms with Gasteiger partial charge in [-0.15, -0.1) is 0 Å². The van der Waals surface area contributed by atoms with E-state index < -0.39 is 0 Å². The number of nitrogens with zero attached hydrogens (tertiary/aromatic N) is 3. The van der Waals surface area contributed by atoms with Crippen LogP contribution in [0.2, 0.25) is 0 Å². The van der Waals surface area contributed by atoms with Gasteiger partial charge in [0, 0.05) is 6.42 Å². The third-order valence-electron chi connectivity index (χ3n) is 1.34. The minimum atomic E-state index is 0. The van der Waals surface area contributed by atoms with Crippen molar-refractivity contribution in [1.29, 1.82) is 15.8 Å². The van der Waals surface area contributed by atoms with Crippen LogP contribution in [0.25, 0.3) is 13.2 Å². The standard InChI is InChI=1S/C8H8.C3H2N2.C3H5N.C3H8.3C2H6/c1-7-3-5-8(2)6-4-7;4-2-1-3-5;1-2-3-4;1-3-2;3*1-2/h3-6H,1-2H2;1H2;2H2,1H3;3H2,1-2H3;3*1-2H3. The predicted molar refractivity (Wildman–Crippen MR) is 118 cm³/mol. The molecule has 0 saturated heterocycles. The highest BCUT2D eigenvalue weighted by atomic mass is 14.3. The average molecular weight is 360 g/mol. The Labute approximate surface area is 163 Å². The summed E-state index contributed by atoms with van der Waals surface area (Å²) < 4.78 is 0. The van der Waals surface area contributed by atoms with Gasteiger partial charge >= 0.3 is 0 Å². The highest BCUT2D eigenvalue weighted by Crippen LogP contribution is 1.63. The van der Waals surface area contributed by atoms with E-state index in [1.165, 1.54) is 6.42 Å². The fourth-order valence-electron chi connectivity index (χ4n) is 0.575. The van der Waals surface area contributed by atoms with Gasteiger partial charge in [0.2, 0.25) is 0 Å². The van der Waals surface area contributed by atoms with E-state index in [9.17, 15) is 0 Å². The molecule has 0 atom stereocenters. The zero-order valence-electron chi connectivity index (χ0n) is 18.7. The Morgan fingerprint density at radius 3 is 0.923 bits per heavy atom. The van der Waals surface area contributed by atoms with E-state index in [4.69, 9.17) is 15.8 Å². The van der Waals surface area contributed by atoms with Crippen LogP contribution in [0.1, 0.15) is 81.6 Å². The first-order valence-electron chi connectivity index (χ1n) is 9.38. The molecule has 3 nitrogen and oxygen atoms in total. The summed E-state index contributed by atoms with van der Waals surface area (Å²) in [6.45, 7) is 25.5. The molecule has 1 rings (SSSR count). The fraction of sp³-hybridized carbons (Fsp3) is 0.522. The largest absolute Gasteiger partial charge is 0.198 e. The van der Waals surface area contributed by atoms with Crippen molar-refractivity contribution >= 4 is 13.2 Å². The summed E-state index contributed by atoms with van der Waals surface area (Å²) in [7, 11) is 0. The van der Waals surface area contributed by atoms with Crippen LogP contribution in [-0.2, 0) is 0 Å². The summed E-state index contributed by atoms with van der Waals surface area (Å²) in [4.78, 5) is 0. The van der Waals surface area contributed by atoms with Gasteiger partial charge in [-0.1, -0.05) is 106 Å². The van der Waals surface area contributed by atoms with Gasteiger partial charge in [0.15, 0.2) is 0 Å². The molecule has 0 N–H and O–H groups in total. The maximum absolute atomic E-state index is 7.62. The molecule has 0 aliphatic rings. The van der Waals surface area contributed by atoms with Gasteiger partial charge in [-0.05, 0) is 10.4 Å². The predicted octanol–water partition coefficient (Wildman–Crippen LogP) is 6.35. The van der Waals surface area contributed by atoms with E-state index >= 15 is 0 Å². The summed E-state index contributed by atoms with van der Waals surface area (Å²) in [5.41, 5.74) is 0. The Hall–Kier alpha value is -2.57. The second-order valence-corrected chi connectivity index (χ2v) is 3.53. The molecule has 0 bridgehead atoms. The van der Waals surface area contributed by atoms with Crippen LogP contribution in [0.15, 0.2) is 24.3 Å². The van der Waals surface area contributed by atoms with Crippen LogP contribution in [0, 0.1) is 34.0 Å². The van der Waals surface area contributed by atoms with Gasteiger partial charge in [0.25, 0.3) is 0 Å². The smallest absolute Gasteiger partial charge is 0.122 e. The Morgan fingerprint density at radius 1 is 0.654 bits per heavy atom. The van der Waals surface area contributed by atoms with Gasteiger partial charge in [-0.2, -0.15) is 15.8 Å². The van der Waals surface area contributed by atoms with Crippen molar-refractivity contribution in [2.45, 2.75) is 81.6 Å². The van der Waals surface area contributed by atoms with Crippen LogP contribution in [0.3, 0.4) is 0 Å². The molecule has 0 heterocycles. The number of rotatable bonds is 0. The number of hydrogen-bond acceptors (Lipinski definition) is 3. The van der Waals surface area contributed by atoms with Crippen molar-refractivity contribution < 1.29 is 0 Å². The molecule has 1 aromatic carbocycles. The number of hydrogen-bond donors (Lipinski definition) is 0. The molecule has 3 heteroatoms. The van der Waals surface area contributed by atoms with E-state index in [1.54, 1.807) is 12.1 Å². The van der Waals surface area contributed by atoms with Crippen LogP contribution >= 0.6 is 0 Å². The second kappa shape index (κ2) is 57.1.